The second kappa shape index (κ2) is 9.65. The summed E-state index contributed by atoms with van der Waals surface area (Å²) in [6.07, 6.45) is 0. The van der Waals surface area contributed by atoms with Gasteiger partial charge in [-0.25, -0.2) is 0 Å². The molecule has 3 N–H and O–H groups in total. The summed E-state index contributed by atoms with van der Waals surface area (Å²) in [4.78, 5) is 23.9. The van der Waals surface area contributed by atoms with E-state index in [2.05, 4.69) is 48.0 Å². The number of carbonyl (C=O) groups is 2. The normalized spacial score (nSPS) is 9.96. The third-order valence-electron chi connectivity index (χ3n) is 3.18. The van der Waals surface area contributed by atoms with Gasteiger partial charge in [-0.1, -0.05) is 34.1 Å². The molecular weight excluding hydrogens is 486 g/mol. The number of halogens is 2. The molecule has 0 atom stereocenters. The molecule has 6 nitrogen and oxygen atoms in total. The lowest BCUT2D eigenvalue weighted by Gasteiger charge is -2.12. The zero-order valence-corrected chi connectivity index (χ0v) is 17.6. The Morgan fingerprint density at radius 1 is 1.12 bits per heavy atom. The summed E-state index contributed by atoms with van der Waals surface area (Å²) >= 11 is 11.7. The van der Waals surface area contributed by atoms with Gasteiger partial charge in [-0.15, -0.1) is 0 Å². The standard InChI is InChI=1S/C17H15Br2N3O3S/c1-10-4-2-3-5-12(10)16(24)21-22-17(26)20-15(23)9-25-14-7-6-11(18)8-13(14)19/h2-8H,9H2,1H3,(H,21,24)(H2,20,22,23,26). The van der Waals surface area contributed by atoms with Gasteiger partial charge in [-0.2, -0.15) is 0 Å². The first kappa shape index (κ1) is 20.3. The van der Waals surface area contributed by atoms with Gasteiger partial charge in [0.05, 0.1) is 4.47 Å². The number of carbonyl (C=O) groups excluding carboxylic acids is 2. The van der Waals surface area contributed by atoms with Crippen molar-refractivity contribution in [2.24, 2.45) is 0 Å². The molecule has 0 bridgehead atoms. The van der Waals surface area contributed by atoms with Crippen molar-refractivity contribution in [3.05, 3.63) is 62.5 Å². The van der Waals surface area contributed by atoms with E-state index in [-0.39, 0.29) is 17.6 Å². The second-order valence-corrected chi connectivity index (χ2v) is 7.31. The average Bonchev–Trinajstić information content (AvgIpc) is 2.59. The Morgan fingerprint density at radius 3 is 2.54 bits per heavy atom. The van der Waals surface area contributed by atoms with Crippen LogP contribution in [-0.2, 0) is 4.79 Å². The van der Waals surface area contributed by atoms with Crippen molar-refractivity contribution >= 4 is 61.0 Å². The van der Waals surface area contributed by atoms with E-state index >= 15 is 0 Å². The minimum absolute atomic E-state index is 0.0320. The number of nitrogens with one attached hydrogen (secondary N) is 3. The molecule has 0 heterocycles. The molecule has 0 aliphatic carbocycles. The molecule has 0 spiro atoms. The molecular formula is C17H15Br2N3O3S. The Labute approximate surface area is 172 Å². The molecule has 0 saturated heterocycles. The zero-order chi connectivity index (χ0) is 19.1. The summed E-state index contributed by atoms with van der Waals surface area (Å²) in [5.41, 5.74) is 6.26. The van der Waals surface area contributed by atoms with Gasteiger partial charge in [0.2, 0.25) is 0 Å². The highest BCUT2D eigenvalue weighted by molar-refractivity contribution is 9.11. The molecule has 2 aromatic carbocycles. The Hall–Kier alpha value is -1.97. The molecule has 0 aliphatic heterocycles. The van der Waals surface area contributed by atoms with Crippen LogP contribution in [0.1, 0.15) is 15.9 Å². The fourth-order valence-corrected chi connectivity index (χ4v) is 3.26. The zero-order valence-electron chi connectivity index (χ0n) is 13.6. The van der Waals surface area contributed by atoms with Crippen LogP contribution in [0.5, 0.6) is 5.75 Å². The predicted octanol–water partition coefficient (Wildman–Crippen LogP) is 3.23. The summed E-state index contributed by atoms with van der Waals surface area (Å²) in [7, 11) is 0. The number of thiocarbonyl (C=S) groups is 1. The minimum atomic E-state index is -0.456. The number of hydrogen-bond donors (Lipinski definition) is 3. The largest absolute Gasteiger partial charge is 0.483 e. The first-order chi connectivity index (χ1) is 12.4. The van der Waals surface area contributed by atoms with E-state index in [0.29, 0.717) is 15.8 Å². The van der Waals surface area contributed by atoms with Gasteiger partial charge in [0.15, 0.2) is 11.7 Å². The second-order valence-electron chi connectivity index (χ2n) is 5.13. The van der Waals surface area contributed by atoms with Crippen LogP contribution in [-0.4, -0.2) is 23.5 Å². The molecule has 0 fully saturated rings. The predicted molar refractivity (Wildman–Crippen MR) is 110 cm³/mol. The molecule has 0 unspecified atom stereocenters. The van der Waals surface area contributed by atoms with E-state index in [1.54, 1.807) is 30.3 Å². The van der Waals surface area contributed by atoms with Gasteiger partial charge in [-0.05, 0) is 64.9 Å². The molecule has 2 rings (SSSR count). The van der Waals surface area contributed by atoms with Crippen LogP contribution in [0.3, 0.4) is 0 Å². The van der Waals surface area contributed by atoms with Crippen molar-refractivity contribution in [3.63, 3.8) is 0 Å². The van der Waals surface area contributed by atoms with Crippen LogP contribution in [0.2, 0.25) is 0 Å². The van der Waals surface area contributed by atoms with Crippen molar-refractivity contribution in [1.82, 2.24) is 16.2 Å². The van der Waals surface area contributed by atoms with Crippen LogP contribution in [0, 0.1) is 6.92 Å². The lowest BCUT2D eigenvalue weighted by atomic mass is 10.1. The number of hydrazine groups is 1. The van der Waals surface area contributed by atoms with Crippen LogP contribution in [0.4, 0.5) is 0 Å². The van der Waals surface area contributed by atoms with E-state index in [1.807, 2.05) is 19.1 Å². The molecule has 2 amide bonds. The van der Waals surface area contributed by atoms with Gasteiger partial charge < -0.3 is 4.74 Å². The summed E-state index contributed by atoms with van der Waals surface area (Å²) in [5.74, 6) is -0.285. The maximum absolute atomic E-state index is 12.1. The monoisotopic (exact) mass is 499 g/mol. The fraction of sp³-hybridized carbons (Fsp3) is 0.118. The number of rotatable bonds is 4. The van der Waals surface area contributed by atoms with E-state index in [9.17, 15) is 9.59 Å². The number of ether oxygens (including phenoxy) is 1. The lowest BCUT2D eigenvalue weighted by Crippen LogP contribution is -2.49. The van der Waals surface area contributed by atoms with Crippen LogP contribution < -0.4 is 20.9 Å². The highest BCUT2D eigenvalue weighted by Gasteiger charge is 2.10. The van der Waals surface area contributed by atoms with Gasteiger partial charge >= 0.3 is 0 Å². The minimum Gasteiger partial charge on any atom is -0.483 e. The van der Waals surface area contributed by atoms with Crippen molar-refractivity contribution in [2.45, 2.75) is 6.92 Å². The Balaban J connectivity index is 1.77. The van der Waals surface area contributed by atoms with Crippen LogP contribution >= 0.6 is 44.1 Å². The number of hydrogen-bond acceptors (Lipinski definition) is 4. The molecule has 0 aromatic heterocycles. The van der Waals surface area contributed by atoms with E-state index in [4.69, 9.17) is 17.0 Å². The fourth-order valence-electron chi connectivity index (χ4n) is 1.94. The maximum Gasteiger partial charge on any atom is 0.269 e. The van der Waals surface area contributed by atoms with Gasteiger partial charge in [0.25, 0.3) is 11.8 Å². The molecule has 136 valence electrons. The van der Waals surface area contributed by atoms with E-state index in [1.165, 1.54) is 0 Å². The number of aryl methyl sites for hydroxylation is 1. The summed E-state index contributed by atoms with van der Waals surface area (Å²) < 4.78 is 7.01. The Morgan fingerprint density at radius 2 is 1.85 bits per heavy atom. The molecule has 26 heavy (non-hydrogen) atoms. The number of benzene rings is 2. The Bertz CT molecular complexity index is 846. The average molecular weight is 501 g/mol. The molecule has 0 aliphatic rings. The summed E-state index contributed by atoms with van der Waals surface area (Å²) in [5, 5.41) is 2.39. The topological polar surface area (TPSA) is 79.5 Å². The van der Waals surface area contributed by atoms with Gasteiger partial charge in [0.1, 0.15) is 5.75 Å². The van der Waals surface area contributed by atoms with Crippen molar-refractivity contribution in [3.8, 4) is 5.75 Å². The molecule has 9 heteroatoms. The van der Waals surface area contributed by atoms with E-state index in [0.717, 1.165) is 10.0 Å². The van der Waals surface area contributed by atoms with Gasteiger partial charge in [0, 0.05) is 10.0 Å². The van der Waals surface area contributed by atoms with E-state index < -0.39 is 5.91 Å². The van der Waals surface area contributed by atoms with Crippen molar-refractivity contribution < 1.29 is 14.3 Å². The number of amides is 2. The quantitative estimate of drug-likeness (QED) is 0.443. The van der Waals surface area contributed by atoms with Crippen LogP contribution in [0.15, 0.2) is 51.4 Å². The van der Waals surface area contributed by atoms with Crippen LogP contribution in [0.25, 0.3) is 0 Å². The van der Waals surface area contributed by atoms with Crippen molar-refractivity contribution in [2.75, 3.05) is 6.61 Å². The molecule has 0 saturated carbocycles. The van der Waals surface area contributed by atoms with Crippen molar-refractivity contribution in [1.29, 1.82) is 0 Å². The SMILES string of the molecule is Cc1ccccc1C(=O)NNC(=S)NC(=O)COc1ccc(Br)cc1Br. The Kier molecular flexibility index (Phi) is 7.55. The maximum atomic E-state index is 12.1. The highest BCUT2D eigenvalue weighted by Crippen LogP contribution is 2.28. The molecule has 0 radical (unpaired) electrons. The lowest BCUT2D eigenvalue weighted by molar-refractivity contribution is -0.121. The van der Waals surface area contributed by atoms with Gasteiger partial charge in [-0.3, -0.25) is 25.8 Å². The smallest absolute Gasteiger partial charge is 0.269 e. The third-order valence-corrected chi connectivity index (χ3v) is 4.50. The highest BCUT2D eigenvalue weighted by atomic mass is 79.9. The summed E-state index contributed by atoms with van der Waals surface area (Å²) in [6.45, 7) is 1.60. The first-order valence-corrected chi connectivity index (χ1v) is 9.40. The summed E-state index contributed by atoms with van der Waals surface area (Å²) in [6, 6.07) is 12.4. The third kappa shape index (κ3) is 6.08. The first-order valence-electron chi connectivity index (χ1n) is 7.40. The molecule has 2 aromatic rings.